The molecule has 4 heteroatoms. The molecule has 0 aliphatic rings. The number of benzene rings is 1. The predicted molar refractivity (Wildman–Crippen MR) is 69.9 cm³/mol. The zero-order valence-corrected chi connectivity index (χ0v) is 11.5. The van der Waals surface area contributed by atoms with Crippen LogP contribution in [-0.4, -0.2) is 0 Å². The predicted octanol–water partition coefficient (Wildman–Crippen LogP) is 4.23. The van der Waals surface area contributed by atoms with Crippen LogP contribution in [0.4, 0.5) is 0 Å². The van der Waals surface area contributed by atoms with E-state index in [2.05, 4.69) is 38.5 Å². The lowest BCUT2D eigenvalue weighted by atomic mass is 10.3. The Morgan fingerprint density at radius 1 is 1.13 bits per heavy atom. The van der Waals surface area contributed by atoms with E-state index in [1.54, 1.807) is 0 Å². The quantitative estimate of drug-likeness (QED) is 0.746. The molecule has 78 valence electrons. The molecular weight excluding hydrogens is 371 g/mol. The Morgan fingerprint density at radius 2 is 1.87 bits per heavy atom. The highest BCUT2D eigenvalue weighted by atomic mass is 127. The Balaban J connectivity index is 1.96. The maximum absolute atomic E-state index is 5.54. The molecule has 2 aromatic rings. The molecule has 0 radical (unpaired) electrons. The van der Waals surface area contributed by atoms with Crippen molar-refractivity contribution < 1.29 is 9.15 Å². The zero-order chi connectivity index (χ0) is 10.7. The van der Waals surface area contributed by atoms with Crippen LogP contribution < -0.4 is 4.74 Å². The standard InChI is InChI=1S/C11H8BrIO2/c12-11-6-5-10(15-11)7-14-9-3-1-8(13)2-4-9/h1-6H,7H2. The Morgan fingerprint density at radius 3 is 2.47 bits per heavy atom. The van der Waals surface area contributed by atoms with Crippen LogP contribution in [0.15, 0.2) is 45.5 Å². The van der Waals surface area contributed by atoms with E-state index in [1.165, 1.54) is 3.57 Å². The monoisotopic (exact) mass is 378 g/mol. The summed E-state index contributed by atoms with van der Waals surface area (Å²) in [5, 5.41) is 0. The summed E-state index contributed by atoms with van der Waals surface area (Å²) < 4.78 is 12.8. The maximum atomic E-state index is 5.54. The lowest BCUT2D eigenvalue weighted by Gasteiger charge is -2.03. The average Bonchev–Trinajstić information content (AvgIpc) is 2.64. The van der Waals surface area contributed by atoms with Crippen molar-refractivity contribution >= 4 is 38.5 Å². The topological polar surface area (TPSA) is 22.4 Å². The van der Waals surface area contributed by atoms with E-state index in [1.807, 2.05) is 36.4 Å². The Hall–Kier alpha value is -0.490. The van der Waals surface area contributed by atoms with Gasteiger partial charge in [0.05, 0.1) is 0 Å². The molecule has 0 aliphatic heterocycles. The van der Waals surface area contributed by atoms with Gasteiger partial charge in [-0.15, -0.1) is 0 Å². The second-order valence-corrected chi connectivity index (χ2v) is 4.98. The first kappa shape index (κ1) is 11.0. The first-order valence-corrected chi connectivity index (χ1v) is 6.24. The van der Waals surface area contributed by atoms with E-state index >= 15 is 0 Å². The first-order chi connectivity index (χ1) is 7.24. The number of hydrogen-bond acceptors (Lipinski definition) is 2. The van der Waals surface area contributed by atoms with Gasteiger partial charge in [0.2, 0.25) is 0 Å². The number of hydrogen-bond donors (Lipinski definition) is 0. The molecule has 0 unspecified atom stereocenters. The van der Waals surface area contributed by atoms with Crippen molar-refractivity contribution in [1.29, 1.82) is 0 Å². The number of furan rings is 1. The van der Waals surface area contributed by atoms with Gasteiger partial charge in [-0.3, -0.25) is 0 Å². The van der Waals surface area contributed by atoms with Gasteiger partial charge in [0, 0.05) is 3.57 Å². The minimum Gasteiger partial charge on any atom is -0.486 e. The van der Waals surface area contributed by atoms with E-state index < -0.39 is 0 Å². The fourth-order valence-corrected chi connectivity index (χ4v) is 1.81. The third kappa shape index (κ3) is 3.24. The molecule has 0 aliphatic carbocycles. The van der Waals surface area contributed by atoms with Gasteiger partial charge in [-0.1, -0.05) is 0 Å². The zero-order valence-electron chi connectivity index (χ0n) is 7.74. The first-order valence-electron chi connectivity index (χ1n) is 4.36. The minimum absolute atomic E-state index is 0.451. The van der Waals surface area contributed by atoms with Crippen LogP contribution in [-0.2, 0) is 6.61 Å². The summed E-state index contributed by atoms with van der Waals surface area (Å²) in [4.78, 5) is 0. The molecule has 0 N–H and O–H groups in total. The molecule has 0 bridgehead atoms. The third-order valence-corrected chi connectivity index (χ3v) is 2.97. The molecule has 0 saturated carbocycles. The molecule has 2 rings (SSSR count). The minimum atomic E-state index is 0.451. The number of halogens is 2. The van der Waals surface area contributed by atoms with Crippen molar-refractivity contribution in [3.63, 3.8) is 0 Å². The van der Waals surface area contributed by atoms with Crippen LogP contribution in [0.25, 0.3) is 0 Å². The van der Waals surface area contributed by atoms with Crippen LogP contribution in [0.2, 0.25) is 0 Å². The maximum Gasteiger partial charge on any atom is 0.169 e. The third-order valence-electron chi connectivity index (χ3n) is 1.82. The van der Waals surface area contributed by atoms with Crippen molar-refractivity contribution in [2.45, 2.75) is 6.61 Å². The Bertz CT molecular complexity index is 436. The van der Waals surface area contributed by atoms with Gasteiger partial charge in [0.25, 0.3) is 0 Å². The Labute approximate surface area is 110 Å². The SMILES string of the molecule is Brc1ccc(COc2ccc(I)cc2)o1. The van der Waals surface area contributed by atoms with Crippen molar-refractivity contribution in [1.82, 2.24) is 0 Å². The molecule has 1 aromatic heterocycles. The van der Waals surface area contributed by atoms with Gasteiger partial charge >= 0.3 is 0 Å². The summed E-state index contributed by atoms with van der Waals surface area (Å²) >= 11 is 5.50. The molecule has 15 heavy (non-hydrogen) atoms. The van der Waals surface area contributed by atoms with Gasteiger partial charge < -0.3 is 9.15 Å². The van der Waals surface area contributed by atoms with Crippen LogP contribution in [0.5, 0.6) is 5.75 Å². The summed E-state index contributed by atoms with van der Waals surface area (Å²) in [7, 11) is 0. The molecular formula is C11H8BrIO2. The fraction of sp³-hybridized carbons (Fsp3) is 0.0909. The molecule has 0 saturated heterocycles. The van der Waals surface area contributed by atoms with Crippen LogP contribution >= 0.6 is 38.5 Å². The average molecular weight is 379 g/mol. The van der Waals surface area contributed by atoms with Gasteiger partial charge in [-0.25, -0.2) is 0 Å². The van der Waals surface area contributed by atoms with E-state index in [9.17, 15) is 0 Å². The summed E-state index contributed by atoms with van der Waals surface area (Å²) in [6, 6.07) is 11.6. The largest absolute Gasteiger partial charge is 0.486 e. The van der Waals surface area contributed by atoms with E-state index in [4.69, 9.17) is 9.15 Å². The van der Waals surface area contributed by atoms with Crippen molar-refractivity contribution in [3.8, 4) is 5.75 Å². The fourth-order valence-electron chi connectivity index (χ4n) is 1.11. The van der Waals surface area contributed by atoms with Gasteiger partial charge in [0.1, 0.15) is 18.1 Å². The molecule has 0 fully saturated rings. The molecule has 1 aromatic carbocycles. The summed E-state index contributed by atoms with van der Waals surface area (Å²) in [5.41, 5.74) is 0. The number of ether oxygens (including phenoxy) is 1. The van der Waals surface area contributed by atoms with Gasteiger partial charge in [0.15, 0.2) is 4.67 Å². The van der Waals surface area contributed by atoms with E-state index in [0.717, 1.165) is 16.2 Å². The molecule has 0 spiro atoms. The van der Waals surface area contributed by atoms with Crippen LogP contribution in [0.1, 0.15) is 5.76 Å². The second kappa shape index (κ2) is 5.03. The number of rotatable bonds is 3. The lowest BCUT2D eigenvalue weighted by molar-refractivity contribution is 0.267. The highest BCUT2D eigenvalue weighted by Crippen LogP contribution is 2.18. The van der Waals surface area contributed by atoms with Crippen molar-refractivity contribution in [3.05, 3.63) is 50.4 Å². The van der Waals surface area contributed by atoms with E-state index in [-0.39, 0.29) is 0 Å². The highest BCUT2D eigenvalue weighted by molar-refractivity contribution is 14.1. The smallest absolute Gasteiger partial charge is 0.169 e. The normalized spacial score (nSPS) is 10.3. The summed E-state index contributed by atoms with van der Waals surface area (Å²) in [6.45, 7) is 0.451. The van der Waals surface area contributed by atoms with Gasteiger partial charge in [-0.2, -0.15) is 0 Å². The van der Waals surface area contributed by atoms with Gasteiger partial charge in [-0.05, 0) is 74.9 Å². The second-order valence-electron chi connectivity index (χ2n) is 2.95. The van der Waals surface area contributed by atoms with Crippen molar-refractivity contribution in [2.24, 2.45) is 0 Å². The Kier molecular flexibility index (Phi) is 3.69. The van der Waals surface area contributed by atoms with Crippen LogP contribution in [0.3, 0.4) is 0 Å². The molecule has 2 nitrogen and oxygen atoms in total. The lowest BCUT2D eigenvalue weighted by Crippen LogP contribution is -1.93. The summed E-state index contributed by atoms with van der Waals surface area (Å²) in [5.74, 6) is 1.66. The molecule has 1 heterocycles. The molecule has 0 amide bonds. The van der Waals surface area contributed by atoms with Crippen molar-refractivity contribution in [2.75, 3.05) is 0 Å². The highest BCUT2D eigenvalue weighted by Gasteiger charge is 2.00. The molecule has 0 atom stereocenters. The summed E-state index contributed by atoms with van der Waals surface area (Å²) in [6.07, 6.45) is 0. The van der Waals surface area contributed by atoms with E-state index in [0.29, 0.717) is 6.61 Å². The van der Waals surface area contributed by atoms with Crippen LogP contribution in [0, 0.1) is 3.57 Å².